The van der Waals surface area contributed by atoms with Crippen molar-refractivity contribution in [3.63, 3.8) is 0 Å². The van der Waals surface area contributed by atoms with Gasteiger partial charge in [-0.25, -0.2) is 9.78 Å². The highest BCUT2D eigenvalue weighted by atomic mass is 16.5. The fourth-order valence-corrected chi connectivity index (χ4v) is 4.04. The Kier molecular flexibility index (Phi) is 5.60. The number of nitrogens with one attached hydrogen (secondary N) is 2. The molecule has 0 saturated carbocycles. The van der Waals surface area contributed by atoms with Gasteiger partial charge in [-0.2, -0.15) is 5.21 Å². The normalized spacial score (nSPS) is 11.4. The van der Waals surface area contributed by atoms with E-state index < -0.39 is 11.2 Å². The zero-order chi connectivity index (χ0) is 23.7. The third-order valence-corrected chi connectivity index (χ3v) is 5.71. The predicted molar refractivity (Wildman–Crippen MR) is 125 cm³/mol. The lowest BCUT2D eigenvalue weighted by atomic mass is 9.98. The van der Waals surface area contributed by atoms with Gasteiger partial charge in [0.1, 0.15) is 5.82 Å². The number of hydrogen-bond donors (Lipinski definition) is 2. The molecule has 0 radical (unpaired) electrons. The molecule has 0 aliphatic rings. The second-order valence-electron chi connectivity index (χ2n) is 7.80. The van der Waals surface area contributed by atoms with Crippen LogP contribution in [0.5, 0.6) is 0 Å². The summed E-state index contributed by atoms with van der Waals surface area (Å²) in [6.45, 7) is 2.88. The minimum Gasteiger partial charge on any atom is -0.383 e. The minimum absolute atomic E-state index is 0.299. The molecular formula is C23H22N8O3. The summed E-state index contributed by atoms with van der Waals surface area (Å²) >= 11 is 0. The van der Waals surface area contributed by atoms with Crippen LogP contribution in [0.1, 0.15) is 11.4 Å². The summed E-state index contributed by atoms with van der Waals surface area (Å²) in [6.07, 6.45) is 0. The molecule has 2 N–H and O–H groups in total. The fourth-order valence-electron chi connectivity index (χ4n) is 4.04. The van der Waals surface area contributed by atoms with Crippen molar-refractivity contribution in [2.75, 3.05) is 13.7 Å². The number of fused-ring (bicyclic) bond motifs is 1. The summed E-state index contributed by atoms with van der Waals surface area (Å²) in [7, 11) is 1.56. The van der Waals surface area contributed by atoms with Gasteiger partial charge in [0, 0.05) is 19.2 Å². The highest BCUT2D eigenvalue weighted by Crippen LogP contribution is 2.30. The number of H-pyrrole nitrogens is 2. The standard InChI is InChI=1S/C23H22N8O3/c1-14-24-21-19(22(32)25-23(33)30(21)11-12-34-2)31(14)13-15-7-9-16(10-8-15)17-5-3-4-6-18(17)20-26-28-29-27-20/h3-10H,11-13H2,1-2H3,(H,25,32,33)(H,26,27,28,29). The lowest BCUT2D eigenvalue weighted by Crippen LogP contribution is -2.32. The van der Waals surface area contributed by atoms with Crippen LogP contribution in [0.4, 0.5) is 0 Å². The number of aromatic amines is 2. The van der Waals surface area contributed by atoms with Gasteiger partial charge in [0.15, 0.2) is 11.2 Å². The third kappa shape index (κ3) is 3.82. The number of benzene rings is 2. The van der Waals surface area contributed by atoms with Gasteiger partial charge in [-0.15, -0.1) is 10.2 Å². The quantitative estimate of drug-likeness (QED) is 0.379. The maximum Gasteiger partial charge on any atom is 0.330 e. The van der Waals surface area contributed by atoms with Gasteiger partial charge >= 0.3 is 5.69 Å². The van der Waals surface area contributed by atoms with E-state index in [4.69, 9.17) is 4.74 Å². The summed E-state index contributed by atoms with van der Waals surface area (Å²) in [5.41, 5.74) is 3.61. The van der Waals surface area contributed by atoms with Gasteiger partial charge in [-0.05, 0) is 28.8 Å². The number of ether oxygens (including phenoxy) is 1. The van der Waals surface area contributed by atoms with Crippen LogP contribution in [0.2, 0.25) is 0 Å². The minimum atomic E-state index is -0.496. The molecule has 172 valence electrons. The molecule has 5 rings (SSSR count). The number of aryl methyl sites for hydroxylation is 1. The average molecular weight is 458 g/mol. The number of hydrogen-bond acceptors (Lipinski definition) is 7. The van der Waals surface area contributed by atoms with Crippen molar-refractivity contribution < 1.29 is 4.74 Å². The Morgan fingerprint density at radius 1 is 1.00 bits per heavy atom. The van der Waals surface area contributed by atoms with Gasteiger partial charge in [0.2, 0.25) is 5.82 Å². The first-order valence-corrected chi connectivity index (χ1v) is 10.7. The lowest BCUT2D eigenvalue weighted by molar-refractivity contribution is 0.187. The van der Waals surface area contributed by atoms with Crippen molar-refractivity contribution in [2.45, 2.75) is 20.0 Å². The summed E-state index contributed by atoms with van der Waals surface area (Å²) < 4.78 is 8.34. The molecule has 11 nitrogen and oxygen atoms in total. The van der Waals surface area contributed by atoms with E-state index in [2.05, 4.69) is 30.6 Å². The zero-order valence-electron chi connectivity index (χ0n) is 18.6. The van der Waals surface area contributed by atoms with Crippen LogP contribution in [0.15, 0.2) is 58.1 Å². The van der Waals surface area contributed by atoms with E-state index in [0.717, 1.165) is 22.3 Å². The molecule has 0 saturated heterocycles. The Labute approximate surface area is 193 Å². The molecular weight excluding hydrogens is 436 g/mol. The molecule has 0 bridgehead atoms. The van der Waals surface area contributed by atoms with Crippen molar-refractivity contribution in [1.29, 1.82) is 0 Å². The van der Waals surface area contributed by atoms with Crippen molar-refractivity contribution in [1.82, 2.24) is 39.7 Å². The van der Waals surface area contributed by atoms with E-state index >= 15 is 0 Å². The predicted octanol–water partition coefficient (Wildman–Crippen LogP) is 1.74. The Balaban J connectivity index is 1.50. The first-order valence-electron chi connectivity index (χ1n) is 10.7. The number of tetrazole rings is 1. The number of methoxy groups -OCH3 is 1. The second kappa shape index (κ2) is 8.87. The van der Waals surface area contributed by atoms with Gasteiger partial charge in [0.05, 0.1) is 13.2 Å². The van der Waals surface area contributed by atoms with E-state index in [1.54, 1.807) is 7.11 Å². The molecule has 0 fully saturated rings. The molecule has 34 heavy (non-hydrogen) atoms. The van der Waals surface area contributed by atoms with Crippen molar-refractivity contribution >= 4 is 11.2 Å². The smallest absolute Gasteiger partial charge is 0.330 e. The molecule has 0 amide bonds. The molecule has 5 aromatic rings. The van der Waals surface area contributed by atoms with Crippen LogP contribution < -0.4 is 11.2 Å². The van der Waals surface area contributed by atoms with Gasteiger partial charge < -0.3 is 9.30 Å². The summed E-state index contributed by atoms with van der Waals surface area (Å²) in [5, 5.41) is 14.3. The Hall–Kier alpha value is -4.38. The maximum absolute atomic E-state index is 12.7. The van der Waals surface area contributed by atoms with E-state index in [0.29, 0.717) is 42.5 Å². The zero-order valence-corrected chi connectivity index (χ0v) is 18.6. The Morgan fingerprint density at radius 2 is 1.76 bits per heavy atom. The number of nitrogens with zero attached hydrogens (tertiary/aromatic N) is 6. The summed E-state index contributed by atoms with van der Waals surface area (Å²) in [6, 6.07) is 15.9. The highest BCUT2D eigenvalue weighted by molar-refractivity contribution is 5.80. The van der Waals surface area contributed by atoms with Crippen molar-refractivity contribution in [3.8, 4) is 22.5 Å². The van der Waals surface area contributed by atoms with Gasteiger partial charge in [-0.3, -0.25) is 14.3 Å². The Morgan fingerprint density at radius 3 is 2.47 bits per heavy atom. The topological polar surface area (TPSA) is 136 Å². The van der Waals surface area contributed by atoms with E-state index in [-0.39, 0.29) is 0 Å². The average Bonchev–Trinajstić information content (AvgIpc) is 3.48. The number of imidazole rings is 1. The van der Waals surface area contributed by atoms with Crippen LogP contribution in [-0.4, -0.2) is 53.4 Å². The SMILES string of the molecule is COCCn1c(=O)[nH]c(=O)c2c1nc(C)n2Cc1ccc(-c2ccccc2-c2nn[nH]n2)cc1. The van der Waals surface area contributed by atoms with Crippen LogP contribution in [0.3, 0.4) is 0 Å². The van der Waals surface area contributed by atoms with Crippen molar-refractivity contribution in [2.24, 2.45) is 0 Å². The van der Waals surface area contributed by atoms with Crippen LogP contribution in [-0.2, 0) is 17.8 Å². The van der Waals surface area contributed by atoms with Gasteiger partial charge in [0.25, 0.3) is 5.56 Å². The third-order valence-electron chi connectivity index (χ3n) is 5.71. The van der Waals surface area contributed by atoms with E-state index in [1.807, 2.05) is 60.0 Å². The second-order valence-corrected chi connectivity index (χ2v) is 7.80. The van der Waals surface area contributed by atoms with Gasteiger partial charge in [-0.1, -0.05) is 48.5 Å². The number of aromatic nitrogens is 8. The molecule has 11 heteroatoms. The summed E-state index contributed by atoms with van der Waals surface area (Å²) in [4.78, 5) is 31.9. The largest absolute Gasteiger partial charge is 0.383 e. The van der Waals surface area contributed by atoms with E-state index in [1.165, 1.54) is 4.57 Å². The molecule has 3 aromatic heterocycles. The van der Waals surface area contributed by atoms with Crippen LogP contribution >= 0.6 is 0 Å². The Bertz CT molecular complexity index is 1560. The fraction of sp³-hybridized carbons (Fsp3) is 0.217. The lowest BCUT2D eigenvalue weighted by Gasteiger charge is -2.10. The molecule has 0 aliphatic carbocycles. The van der Waals surface area contributed by atoms with Crippen LogP contribution in [0.25, 0.3) is 33.7 Å². The monoisotopic (exact) mass is 458 g/mol. The van der Waals surface area contributed by atoms with Crippen LogP contribution in [0, 0.1) is 6.92 Å². The summed E-state index contributed by atoms with van der Waals surface area (Å²) in [5.74, 6) is 1.17. The molecule has 0 atom stereocenters. The molecule has 0 unspecified atom stereocenters. The molecule has 2 aromatic carbocycles. The first kappa shape index (κ1) is 21.5. The van der Waals surface area contributed by atoms with E-state index in [9.17, 15) is 9.59 Å². The first-order chi connectivity index (χ1) is 16.6. The highest BCUT2D eigenvalue weighted by Gasteiger charge is 2.17. The maximum atomic E-state index is 12.7. The molecule has 3 heterocycles. The number of rotatable bonds is 7. The van der Waals surface area contributed by atoms with Crippen molar-refractivity contribution in [3.05, 3.63) is 80.8 Å². The molecule has 0 spiro atoms. The molecule has 0 aliphatic heterocycles.